The second-order valence-electron chi connectivity index (χ2n) is 6.03. The van der Waals surface area contributed by atoms with E-state index in [1.807, 2.05) is 0 Å². The number of rotatable bonds is 4. The Labute approximate surface area is 143 Å². The van der Waals surface area contributed by atoms with E-state index < -0.39 is 5.82 Å². The van der Waals surface area contributed by atoms with Gasteiger partial charge in [0, 0.05) is 17.5 Å². The molecule has 2 aromatic heterocycles. The number of fused-ring (bicyclic) bond motifs is 1. The molecule has 0 radical (unpaired) electrons. The van der Waals surface area contributed by atoms with Crippen LogP contribution in [0.5, 0.6) is 0 Å². The number of nitrogens with one attached hydrogen (secondary N) is 1. The van der Waals surface area contributed by atoms with Gasteiger partial charge in [-0.3, -0.25) is 15.1 Å². The Morgan fingerprint density at radius 2 is 2.08 bits per heavy atom. The van der Waals surface area contributed by atoms with Crippen LogP contribution in [0, 0.1) is 18.7 Å². The predicted molar refractivity (Wildman–Crippen MR) is 92.8 cm³/mol. The molecule has 0 aliphatic heterocycles. The number of aromatic nitrogens is 3. The zero-order valence-corrected chi connectivity index (χ0v) is 14.4. The second-order valence-corrected chi connectivity index (χ2v) is 7.09. The normalized spacial score (nSPS) is 11.2. The zero-order chi connectivity index (χ0) is 17.3. The predicted octanol–water partition coefficient (Wildman–Crippen LogP) is 3.98. The Hall–Kier alpha value is -2.41. The van der Waals surface area contributed by atoms with Gasteiger partial charge in [-0.1, -0.05) is 25.2 Å². The summed E-state index contributed by atoms with van der Waals surface area (Å²) in [5, 5.41) is 12.6. The molecule has 124 valence electrons. The van der Waals surface area contributed by atoms with Gasteiger partial charge in [-0.05, 0) is 37.1 Å². The van der Waals surface area contributed by atoms with Crippen molar-refractivity contribution in [2.24, 2.45) is 5.92 Å². The SMILES string of the molecule is Cc1cc(C(=O)Nc2nnc(CC(C)C)s2)c2cc(F)ccc2n1. The highest BCUT2D eigenvalue weighted by Gasteiger charge is 2.15. The maximum atomic E-state index is 13.6. The monoisotopic (exact) mass is 344 g/mol. The lowest BCUT2D eigenvalue weighted by Gasteiger charge is -2.07. The summed E-state index contributed by atoms with van der Waals surface area (Å²) in [7, 11) is 0. The molecule has 0 fully saturated rings. The van der Waals surface area contributed by atoms with Gasteiger partial charge in [0.2, 0.25) is 5.13 Å². The fraction of sp³-hybridized carbons (Fsp3) is 0.294. The summed E-state index contributed by atoms with van der Waals surface area (Å²) in [5.74, 6) is -0.281. The minimum absolute atomic E-state index is 0.344. The van der Waals surface area contributed by atoms with Crippen molar-refractivity contribution >= 4 is 33.3 Å². The maximum absolute atomic E-state index is 13.6. The van der Waals surface area contributed by atoms with Crippen molar-refractivity contribution < 1.29 is 9.18 Å². The standard InChI is InChI=1S/C17H17FN4OS/c1-9(2)6-15-21-22-17(24-15)20-16(23)13-7-10(3)19-14-5-4-11(18)8-12(13)14/h4-5,7-9H,6H2,1-3H3,(H,20,22,23). The topological polar surface area (TPSA) is 67.8 Å². The van der Waals surface area contributed by atoms with Crippen molar-refractivity contribution in [2.75, 3.05) is 5.32 Å². The van der Waals surface area contributed by atoms with Crippen LogP contribution < -0.4 is 5.32 Å². The number of hydrogen-bond donors (Lipinski definition) is 1. The van der Waals surface area contributed by atoms with Crippen molar-refractivity contribution in [1.29, 1.82) is 0 Å². The van der Waals surface area contributed by atoms with Crippen molar-refractivity contribution in [3.8, 4) is 0 Å². The van der Waals surface area contributed by atoms with Gasteiger partial charge >= 0.3 is 0 Å². The van der Waals surface area contributed by atoms with E-state index in [0.29, 0.717) is 33.2 Å². The van der Waals surface area contributed by atoms with Crippen LogP contribution in [0.3, 0.4) is 0 Å². The first-order valence-corrected chi connectivity index (χ1v) is 8.44. The molecule has 24 heavy (non-hydrogen) atoms. The molecule has 0 aliphatic rings. The van der Waals surface area contributed by atoms with Gasteiger partial charge in [0.1, 0.15) is 10.8 Å². The summed E-state index contributed by atoms with van der Waals surface area (Å²) in [6.07, 6.45) is 0.816. The molecule has 0 unspecified atom stereocenters. The van der Waals surface area contributed by atoms with Gasteiger partial charge in [0.05, 0.1) is 11.1 Å². The number of halogens is 1. The van der Waals surface area contributed by atoms with Crippen LogP contribution in [0.15, 0.2) is 24.3 Å². The number of anilines is 1. The number of carbonyl (C=O) groups excluding carboxylic acids is 1. The number of carbonyl (C=O) groups is 1. The first-order chi connectivity index (χ1) is 11.4. The van der Waals surface area contributed by atoms with Crippen LogP contribution in [0.1, 0.15) is 34.9 Å². The average Bonchev–Trinajstić information content (AvgIpc) is 2.93. The van der Waals surface area contributed by atoms with Crippen molar-refractivity contribution in [2.45, 2.75) is 27.2 Å². The van der Waals surface area contributed by atoms with Crippen molar-refractivity contribution in [3.63, 3.8) is 0 Å². The molecular formula is C17H17FN4OS. The van der Waals surface area contributed by atoms with E-state index in [1.54, 1.807) is 19.1 Å². The average molecular weight is 344 g/mol. The lowest BCUT2D eigenvalue weighted by molar-refractivity contribution is 0.102. The lowest BCUT2D eigenvalue weighted by atomic mass is 10.1. The molecule has 1 amide bonds. The van der Waals surface area contributed by atoms with Crippen LogP contribution >= 0.6 is 11.3 Å². The molecule has 3 rings (SSSR count). The third-order valence-electron chi connectivity index (χ3n) is 3.41. The molecule has 2 heterocycles. The number of aryl methyl sites for hydroxylation is 1. The number of hydrogen-bond acceptors (Lipinski definition) is 5. The summed E-state index contributed by atoms with van der Waals surface area (Å²) < 4.78 is 13.6. The molecule has 0 spiro atoms. The zero-order valence-electron chi connectivity index (χ0n) is 13.6. The van der Waals surface area contributed by atoms with E-state index in [4.69, 9.17) is 0 Å². The number of amides is 1. The molecule has 0 aliphatic carbocycles. The van der Waals surface area contributed by atoms with E-state index in [0.717, 1.165) is 11.4 Å². The fourth-order valence-corrected chi connectivity index (χ4v) is 3.37. The van der Waals surface area contributed by atoms with Gasteiger partial charge < -0.3 is 0 Å². The highest BCUT2D eigenvalue weighted by molar-refractivity contribution is 7.15. The van der Waals surface area contributed by atoms with Gasteiger partial charge in [0.25, 0.3) is 5.91 Å². The third-order valence-corrected chi connectivity index (χ3v) is 4.27. The highest BCUT2D eigenvalue weighted by atomic mass is 32.1. The van der Waals surface area contributed by atoms with Crippen LogP contribution in [0.25, 0.3) is 10.9 Å². The Morgan fingerprint density at radius 3 is 2.83 bits per heavy atom. The first-order valence-electron chi connectivity index (χ1n) is 7.63. The van der Waals surface area contributed by atoms with Crippen LogP contribution in [-0.4, -0.2) is 21.1 Å². The summed E-state index contributed by atoms with van der Waals surface area (Å²) in [5.41, 5.74) is 1.65. The first kappa shape index (κ1) is 16.4. The molecule has 7 heteroatoms. The summed E-state index contributed by atoms with van der Waals surface area (Å²) in [6.45, 7) is 5.99. The van der Waals surface area contributed by atoms with E-state index in [1.165, 1.54) is 23.5 Å². The number of nitrogens with zero attached hydrogens (tertiary/aromatic N) is 3. The minimum Gasteiger partial charge on any atom is -0.296 e. The second kappa shape index (κ2) is 6.60. The fourth-order valence-electron chi connectivity index (χ4n) is 2.42. The summed E-state index contributed by atoms with van der Waals surface area (Å²) in [6, 6.07) is 5.87. The van der Waals surface area contributed by atoms with E-state index >= 15 is 0 Å². The summed E-state index contributed by atoms with van der Waals surface area (Å²) in [4.78, 5) is 16.9. The van der Waals surface area contributed by atoms with Crippen molar-refractivity contribution in [3.05, 3.63) is 46.3 Å². The highest BCUT2D eigenvalue weighted by Crippen LogP contribution is 2.23. The van der Waals surface area contributed by atoms with E-state index in [9.17, 15) is 9.18 Å². The Balaban J connectivity index is 1.91. The Bertz CT molecular complexity index is 907. The minimum atomic E-state index is -0.405. The van der Waals surface area contributed by atoms with Crippen molar-refractivity contribution in [1.82, 2.24) is 15.2 Å². The maximum Gasteiger partial charge on any atom is 0.258 e. The number of pyridine rings is 1. The van der Waals surface area contributed by atoms with Gasteiger partial charge in [-0.15, -0.1) is 10.2 Å². The molecular weight excluding hydrogens is 327 g/mol. The molecule has 0 saturated carbocycles. The van der Waals surface area contributed by atoms with Gasteiger partial charge in [0.15, 0.2) is 0 Å². The quantitative estimate of drug-likeness (QED) is 0.777. The van der Waals surface area contributed by atoms with Gasteiger partial charge in [-0.2, -0.15) is 0 Å². The molecule has 3 aromatic rings. The lowest BCUT2D eigenvalue weighted by Crippen LogP contribution is -2.13. The smallest absolute Gasteiger partial charge is 0.258 e. The molecule has 1 aromatic carbocycles. The molecule has 0 saturated heterocycles. The molecule has 0 bridgehead atoms. The Kier molecular flexibility index (Phi) is 4.53. The summed E-state index contributed by atoms with van der Waals surface area (Å²) >= 11 is 1.35. The molecule has 0 atom stereocenters. The number of benzene rings is 1. The van der Waals surface area contributed by atoms with Crippen LogP contribution in [0.4, 0.5) is 9.52 Å². The van der Waals surface area contributed by atoms with E-state index in [-0.39, 0.29) is 5.91 Å². The Morgan fingerprint density at radius 1 is 1.29 bits per heavy atom. The molecule has 1 N–H and O–H groups in total. The third kappa shape index (κ3) is 3.56. The van der Waals surface area contributed by atoms with Crippen LogP contribution in [0.2, 0.25) is 0 Å². The largest absolute Gasteiger partial charge is 0.296 e. The van der Waals surface area contributed by atoms with Gasteiger partial charge in [-0.25, -0.2) is 4.39 Å². The van der Waals surface area contributed by atoms with Crippen LogP contribution in [-0.2, 0) is 6.42 Å². The van der Waals surface area contributed by atoms with E-state index in [2.05, 4.69) is 34.3 Å². The molecule has 5 nitrogen and oxygen atoms in total.